The van der Waals surface area contributed by atoms with Crippen LogP contribution < -0.4 is 11.1 Å². The van der Waals surface area contributed by atoms with E-state index in [0.29, 0.717) is 29.4 Å². The lowest BCUT2D eigenvalue weighted by molar-refractivity contribution is -0.162. The Morgan fingerprint density at radius 3 is 2.56 bits per heavy atom. The van der Waals surface area contributed by atoms with Gasteiger partial charge in [-0.2, -0.15) is 5.10 Å². The van der Waals surface area contributed by atoms with Gasteiger partial charge in [-0.3, -0.25) is 14.4 Å². The van der Waals surface area contributed by atoms with Crippen LogP contribution in [0.1, 0.15) is 78.8 Å². The maximum absolute atomic E-state index is 12.9. The number of nitrogens with two attached hydrogens (primary N) is 1. The fourth-order valence-electron chi connectivity index (χ4n) is 5.46. The predicted molar refractivity (Wildman–Crippen MR) is 150 cm³/mol. The molecule has 12 heteroatoms. The molecular weight excluding hydrogens is 530 g/mol. The fraction of sp³-hybridized carbons (Fsp3) is 0.690. The van der Waals surface area contributed by atoms with Gasteiger partial charge < -0.3 is 30.4 Å². The van der Waals surface area contributed by atoms with Crippen LogP contribution in [0.3, 0.4) is 0 Å². The summed E-state index contributed by atoms with van der Waals surface area (Å²) in [4.78, 5) is 42.1. The van der Waals surface area contributed by atoms with Crippen LogP contribution in [-0.2, 0) is 34.2 Å². The number of carbonyl (C=O) groups excluding carboxylic acids is 3. The standard InChI is InChI=1S/C29H43N5O7/c1-16(2)23(30)28(38)40-24-20(14-39-22(35)13-18-9-7-6-8-10-18)41-29(5,25(24)36)21-12-11-19-26(31-15-32-34(19)21)33-27(37)17(3)4/h11-12,15-18,20,23-25,36H,6-10,13-14,30H2,1-5H3,(H,31,32,33,37)/t20-,23+,24-,25-,29+/m1/s1. The molecule has 0 radical (unpaired) electrons. The second kappa shape index (κ2) is 12.8. The average Bonchev–Trinajstić information content (AvgIpc) is 3.48. The highest BCUT2D eigenvalue weighted by molar-refractivity contribution is 5.94. The first-order chi connectivity index (χ1) is 19.4. The van der Waals surface area contributed by atoms with Crippen molar-refractivity contribution in [3.05, 3.63) is 24.2 Å². The lowest BCUT2D eigenvalue weighted by Gasteiger charge is -2.28. The number of carbonyl (C=O) groups is 3. The van der Waals surface area contributed by atoms with Gasteiger partial charge in [0.05, 0.1) is 5.69 Å². The number of anilines is 1. The normalized spacial score (nSPS) is 25.9. The van der Waals surface area contributed by atoms with E-state index in [1.54, 1.807) is 46.8 Å². The molecule has 0 aromatic carbocycles. The highest BCUT2D eigenvalue weighted by Gasteiger charge is 2.56. The first kappa shape index (κ1) is 30.9. The van der Waals surface area contributed by atoms with Gasteiger partial charge in [0.15, 0.2) is 11.9 Å². The highest BCUT2D eigenvalue weighted by atomic mass is 16.6. The average molecular weight is 574 g/mol. The first-order valence-electron chi connectivity index (χ1n) is 14.5. The van der Waals surface area contributed by atoms with E-state index >= 15 is 0 Å². The number of amides is 1. The lowest BCUT2D eigenvalue weighted by atomic mass is 9.87. The van der Waals surface area contributed by atoms with Crippen LogP contribution in [0.5, 0.6) is 0 Å². The number of aliphatic hydroxyl groups is 1. The Morgan fingerprint density at radius 2 is 1.90 bits per heavy atom. The fourth-order valence-corrected chi connectivity index (χ4v) is 5.46. The SMILES string of the molecule is CC(C)C(=O)Nc1ncnn2c([C@]3(C)O[C@H](COC(=O)CC4CCCCC4)[C@@H](OC(=O)[C@@H](N)C(C)C)[C@H]3O)ccc12. The summed E-state index contributed by atoms with van der Waals surface area (Å²) in [5, 5.41) is 18.7. The number of aromatic nitrogens is 3. The number of hydrogen-bond acceptors (Lipinski definition) is 10. The highest BCUT2D eigenvalue weighted by Crippen LogP contribution is 2.42. The van der Waals surface area contributed by atoms with Gasteiger partial charge in [-0.15, -0.1) is 0 Å². The second-order valence-corrected chi connectivity index (χ2v) is 12.0. The van der Waals surface area contributed by atoms with Crippen molar-refractivity contribution in [1.29, 1.82) is 0 Å². The molecule has 1 amide bonds. The molecule has 226 valence electrons. The number of nitrogens with zero attached hydrogens (tertiary/aromatic N) is 3. The molecule has 1 aliphatic heterocycles. The molecule has 5 atom stereocenters. The molecule has 1 saturated heterocycles. The molecule has 0 spiro atoms. The number of fused-ring (bicyclic) bond motifs is 1. The molecule has 2 aromatic heterocycles. The third-order valence-corrected chi connectivity index (χ3v) is 8.20. The van der Waals surface area contributed by atoms with Crippen molar-refractivity contribution in [2.45, 2.75) is 103 Å². The van der Waals surface area contributed by atoms with Gasteiger partial charge in [0.1, 0.15) is 42.3 Å². The van der Waals surface area contributed by atoms with Crippen molar-refractivity contribution in [3.8, 4) is 0 Å². The lowest BCUT2D eigenvalue weighted by Crippen LogP contribution is -2.46. The summed E-state index contributed by atoms with van der Waals surface area (Å²) in [6, 6.07) is 2.51. The van der Waals surface area contributed by atoms with E-state index in [-0.39, 0.29) is 30.3 Å². The Bertz CT molecular complexity index is 1240. The van der Waals surface area contributed by atoms with Gasteiger partial charge in [0.25, 0.3) is 0 Å². The van der Waals surface area contributed by atoms with Gasteiger partial charge in [-0.1, -0.05) is 47.0 Å². The molecule has 2 fully saturated rings. The Labute approximate surface area is 240 Å². The van der Waals surface area contributed by atoms with Crippen LogP contribution in [0.15, 0.2) is 18.5 Å². The maximum Gasteiger partial charge on any atom is 0.323 e. The van der Waals surface area contributed by atoms with Crippen molar-refractivity contribution >= 4 is 29.2 Å². The Morgan fingerprint density at radius 1 is 1.20 bits per heavy atom. The van der Waals surface area contributed by atoms with Crippen molar-refractivity contribution in [2.24, 2.45) is 23.5 Å². The zero-order valence-electron chi connectivity index (χ0n) is 24.5. The molecule has 1 saturated carbocycles. The van der Waals surface area contributed by atoms with Crippen molar-refractivity contribution in [1.82, 2.24) is 14.6 Å². The van der Waals surface area contributed by atoms with E-state index in [1.807, 2.05) is 0 Å². The largest absolute Gasteiger partial charge is 0.463 e. The number of rotatable bonds is 10. The number of ether oxygens (including phenoxy) is 3. The smallest absolute Gasteiger partial charge is 0.323 e. The zero-order valence-corrected chi connectivity index (χ0v) is 24.5. The van der Waals surface area contributed by atoms with Crippen molar-refractivity contribution in [2.75, 3.05) is 11.9 Å². The molecule has 2 aromatic rings. The second-order valence-electron chi connectivity index (χ2n) is 12.0. The number of aliphatic hydroxyl groups excluding tert-OH is 1. The minimum Gasteiger partial charge on any atom is -0.463 e. The van der Waals surface area contributed by atoms with E-state index in [9.17, 15) is 19.5 Å². The number of nitrogens with one attached hydrogen (secondary N) is 1. The molecule has 0 bridgehead atoms. The summed E-state index contributed by atoms with van der Waals surface area (Å²) in [5.41, 5.74) is 5.54. The molecule has 4 N–H and O–H groups in total. The third-order valence-electron chi connectivity index (χ3n) is 8.20. The minimum atomic E-state index is -1.42. The van der Waals surface area contributed by atoms with Crippen LogP contribution in [-0.4, -0.2) is 68.5 Å². The third kappa shape index (κ3) is 6.70. The molecule has 12 nitrogen and oxygen atoms in total. The summed E-state index contributed by atoms with van der Waals surface area (Å²) in [6.45, 7) is 8.59. The van der Waals surface area contributed by atoms with E-state index < -0.39 is 35.9 Å². The molecule has 41 heavy (non-hydrogen) atoms. The number of esters is 2. The Balaban J connectivity index is 1.59. The van der Waals surface area contributed by atoms with E-state index in [4.69, 9.17) is 19.9 Å². The van der Waals surface area contributed by atoms with Gasteiger partial charge in [-0.25, -0.2) is 9.50 Å². The molecule has 3 heterocycles. The summed E-state index contributed by atoms with van der Waals surface area (Å²) in [6.07, 6.45) is 3.56. The van der Waals surface area contributed by atoms with Gasteiger partial charge >= 0.3 is 11.9 Å². The van der Waals surface area contributed by atoms with Gasteiger partial charge in [0, 0.05) is 12.3 Å². The van der Waals surface area contributed by atoms with Gasteiger partial charge in [-0.05, 0) is 43.7 Å². The van der Waals surface area contributed by atoms with Crippen LogP contribution in [0.4, 0.5) is 5.82 Å². The minimum absolute atomic E-state index is 0.189. The zero-order chi connectivity index (χ0) is 29.9. The van der Waals surface area contributed by atoms with Crippen molar-refractivity contribution < 1.29 is 33.7 Å². The molecule has 1 aliphatic carbocycles. The van der Waals surface area contributed by atoms with Crippen LogP contribution >= 0.6 is 0 Å². The van der Waals surface area contributed by atoms with Crippen molar-refractivity contribution in [3.63, 3.8) is 0 Å². The van der Waals surface area contributed by atoms with Crippen LogP contribution in [0.2, 0.25) is 0 Å². The van der Waals surface area contributed by atoms with E-state index in [1.165, 1.54) is 17.3 Å². The molecular formula is C29H43N5O7. The van der Waals surface area contributed by atoms with E-state index in [2.05, 4.69) is 15.4 Å². The topological polar surface area (TPSA) is 167 Å². The monoisotopic (exact) mass is 573 g/mol. The van der Waals surface area contributed by atoms with Crippen LogP contribution in [0.25, 0.3) is 5.52 Å². The summed E-state index contributed by atoms with van der Waals surface area (Å²) >= 11 is 0. The molecule has 4 rings (SSSR count). The summed E-state index contributed by atoms with van der Waals surface area (Å²) in [7, 11) is 0. The maximum atomic E-state index is 12.9. The Hall–Kier alpha value is -3.09. The predicted octanol–water partition coefficient (Wildman–Crippen LogP) is 2.71. The van der Waals surface area contributed by atoms with E-state index in [0.717, 1.165) is 25.7 Å². The number of hydrogen-bond donors (Lipinski definition) is 3. The van der Waals surface area contributed by atoms with Crippen LogP contribution in [0, 0.1) is 17.8 Å². The molecule has 2 aliphatic rings. The Kier molecular flexibility index (Phi) is 9.66. The summed E-state index contributed by atoms with van der Waals surface area (Å²) in [5.74, 6) is -1.08. The summed E-state index contributed by atoms with van der Waals surface area (Å²) < 4.78 is 19.2. The van der Waals surface area contributed by atoms with Gasteiger partial charge in [0.2, 0.25) is 5.91 Å². The quantitative estimate of drug-likeness (QED) is 0.360. The molecule has 0 unspecified atom stereocenters. The first-order valence-corrected chi connectivity index (χ1v) is 14.5.